The fraction of sp³-hybridized carbons (Fsp3) is 0.231. The van der Waals surface area contributed by atoms with Crippen molar-refractivity contribution in [1.29, 1.82) is 0 Å². The number of aliphatic hydroxyl groups is 1. The Morgan fingerprint density at radius 1 is 1.44 bits per heavy atom. The van der Waals surface area contributed by atoms with Crippen LogP contribution in [0.25, 0.3) is 4.96 Å². The van der Waals surface area contributed by atoms with Crippen LogP contribution < -0.4 is 0 Å². The molecule has 0 spiro atoms. The Morgan fingerprint density at radius 2 is 2.33 bits per heavy atom. The summed E-state index contributed by atoms with van der Waals surface area (Å²) >= 11 is 1.59. The van der Waals surface area contributed by atoms with Crippen LogP contribution in [-0.4, -0.2) is 19.5 Å². The fourth-order valence-corrected chi connectivity index (χ4v) is 2.59. The first-order valence-electron chi connectivity index (χ1n) is 5.74. The standard InChI is InChI=1S/C13H13N3OS/c1-9-2-3-10(7-14-9)12(17)6-11-8-16-4-5-18-13(16)15-11/h2-5,7-8,12,17H,6H2,1H3. The zero-order chi connectivity index (χ0) is 12.5. The minimum atomic E-state index is -0.553. The molecule has 0 saturated carbocycles. The van der Waals surface area contributed by atoms with Gasteiger partial charge < -0.3 is 5.11 Å². The van der Waals surface area contributed by atoms with Gasteiger partial charge in [0.25, 0.3) is 0 Å². The highest BCUT2D eigenvalue weighted by atomic mass is 32.1. The quantitative estimate of drug-likeness (QED) is 0.785. The fourth-order valence-electron chi connectivity index (χ4n) is 1.87. The number of fused-ring (bicyclic) bond motifs is 1. The first kappa shape index (κ1) is 11.4. The van der Waals surface area contributed by atoms with E-state index >= 15 is 0 Å². The number of aliphatic hydroxyl groups excluding tert-OH is 1. The van der Waals surface area contributed by atoms with Crippen LogP contribution in [0.2, 0.25) is 0 Å². The lowest BCUT2D eigenvalue weighted by atomic mass is 10.1. The van der Waals surface area contributed by atoms with E-state index in [0.29, 0.717) is 6.42 Å². The topological polar surface area (TPSA) is 50.4 Å². The molecule has 0 aromatic carbocycles. The molecule has 0 saturated heterocycles. The van der Waals surface area contributed by atoms with E-state index in [4.69, 9.17) is 0 Å². The molecule has 0 radical (unpaired) electrons. The maximum atomic E-state index is 10.1. The van der Waals surface area contributed by atoms with Crippen LogP contribution >= 0.6 is 11.3 Å². The van der Waals surface area contributed by atoms with E-state index in [1.807, 2.05) is 41.2 Å². The summed E-state index contributed by atoms with van der Waals surface area (Å²) in [5.41, 5.74) is 2.68. The summed E-state index contributed by atoms with van der Waals surface area (Å²) in [7, 11) is 0. The summed E-state index contributed by atoms with van der Waals surface area (Å²) in [6.07, 6.45) is 5.60. The highest BCUT2D eigenvalue weighted by molar-refractivity contribution is 7.15. The SMILES string of the molecule is Cc1ccc(C(O)Cc2cn3ccsc3n2)cn1. The Bertz CT molecular complexity index is 628. The van der Waals surface area contributed by atoms with Gasteiger partial charge in [0.1, 0.15) is 0 Å². The average molecular weight is 259 g/mol. The van der Waals surface area contributed by atoms with Gasteiger partial charge in [0.05, 0.1) is 11.8 Å². The number of pyridine rings is 1. The molecule has 1 atom stereocenters. The van der Waals surface area contributed by atoms with E-state index in [1.165, 1.54) is 0 Å². The lowest BCUT2D eigenvalue weighted by Gasteiger charge is -2.08. The van der Waals surface area contributed by atoms with Crippen molar-refractivity contribution in [2.24, 2.45) is 0 Å². The molecule has 0 bridgehead atoms. The number of hydrogen-bond acceptors (Lipinski definition) is 4. The van der Waals surface area contributed by atoms with Crippen LogP contribution in [0.1, 0.15) is 23.1 Å². The van der Waals surface area contributed by atoms with Crippen LogP contribution in [0.5, 0.6) is 0 Å². The van der Waals surface area contributed by atoms with Crippen LogP contribution in [0.15, 0.2) is 36.1 Å². The monoisotopic (exact) mass is 259 g/mol. The van der Waals surface area contributed by atoms with Gasteiger partial charge in [0.2, 0.25) is 0 Å². The summed E-state index contributed by atoms with van der Waals surface area (Å²) in [5.74, 6) is 0. The molecular formula is C13H13N3OS. The third-order valence-corrected chi connectivity index (χ3v) is 3.64. The van der Waals surface area contributed by atoms with E-state index in [-0.39, 0.29) is 0 Å². The molecule has 1 unspecified atom stereocenters. The van der Waals surface area contributed by atoms with Gasteiger partial charge in [-0.3, -0.25) is 9.38 Å². The first-order valence-corrected chi connectivity index (χ1v) is 6.62. The number of thiazole rings is 1. The van der Waals surface area contributed by atoms with Crippen LogP contribution in [0, 0.1) is 6.92 Å². The average Bonchev–Trinajstić information content (AvgIpc) is 2.90. The van der Waals surface area contributed by atoms with Gasteiger partial charge in [0.15, 0.2) is 4.96 Å². The second kappa shape index (κ2) is 4.51. The Kier molecular flexibility index (Phi) is 2.85. The summed E-state index contributed by atoms with van der Waals surface area (Å²) in [6, 6.07) is 3.82. The second-order valence-electron chi connectivity index (χ2n) is 4.28. The van der Waals surface area contributed by atoms with E-state index in [1.54, 1.807) is 17.5 Å². The first-order chi connectivity index (χ1) is 8.72. The summed E-state index contributed by atoms with van der Waals surface area (Å²) in [5, 5.41) is 12.1. The maximum Gasteiger partial charge on any atom is 0.193 e. The van der Waals surface area contributed by atoms with E-state index in [9.17, 15) is 5.11 Å². The molecule has 0 amide bonds. The Hall–Kier alpha value is -1.72. The largest absolute Gasteiger partial charge is 0.388 e. The van der Waals surface area contributed by atoms with Gasteiger partial charge in [-0.1, -0.05) is 6.07 Å². The summed E-state index contributed by atoms with van der Waals surface area (Å²) in [6.45, 7) is 1.93. The Labute approximate surface area is 109 Å². The maximum absolute atomic E-state index is 10.1. The van der Waals surface area contributed by atoms with Gasteiger partial charge in [-0.15, -0.1) is 11.3 Å². The molecule has 92 valence electrons. The summed E-state index contributed by atoms with van der Waals surface area (Å²) in [4.78, 5) is 9.61. The van der Waals surface area contributed by atoms with Crippen molar-refractivity contribution in [1.82, 2.24) is 14.4 Å². The third kappa shape index (κ3) is 2.14. The molecule has 3 rings (SSSR count). The predicted molar refractivity (Wildman–Crippen MR) is 70.7 cm³/mol. The third-order valence-electron chi connectivity index (χ3n) is 2.86. The van der Waals surface area contributed by atoms with Crippen molar-refractivity contribution in [3.63, 3.8) is 0 Å². The number of nitrogens with zero attached hydrogens (tertiary/aromatic N) is 3. The highest BCUT2D eigenvalue weighted by Crippen LogP contribution is 2.19. The Morgan fingerprint density at radius 3 is 3.06 bits per heavy atom. The molecule has 0 fully saturated rings. The number of aryl methyl sites for hydroxylation is 1. The van der Waals surface area contributed by atoms with Crippen LogP contribution in [0.4, 0.5) is 0 Å². The normalized spacial score (nSPS) is 13.0. The van der Waals surface area contributed by atoms with Crippen molar-refractivity contribution in [2.45, 2.75) is 19.4 Å². The van der Waals surface area contributed by atoms with E-state index in [0.717, 1.165) is 21.9 Å². The number of rotatable bonds is 3. The van der Waals surface area contributed by atoms with Crippen molar-refractivity contribution in [2.75, 3.05) is 0 Å². The molecule has 0 aliphatic carbocycles. The molecule has 3 heterocycles. The zero-order valence-corrected chi connectivity index (χ0v) is 10.8. The van der Waals surface area contributed by atoms with Crippen molar-refractivity contribution in [3.8, 4) is 0 Å². The zero-order valence-electron chi connectivity index (χ0n) is 9.95. The number of imidazole rings is 1. The molecule has 4 nitrogen and oxygen atoms in total. The molecular weight excluding hydrogens is 246 g/mol. The van der Waals surface area contributed by atoms with Gasteiger partial charge in [-0.2, -0.15) is 0 Å². The van der Waals surface area contributed by atoms with E-state index < -0.39 is 6.10 Å². The molecule has 1 N–H and O–H groups in total. The minimum Gasteiger partial charge on any atom is -0.388 e. The van der Waals surface area contributed by atoms with Gasteiger partial charge >= 0.3 is 0 Å². The summed E-state index contributed by atoms with van der Waals surface area (Å²) < 4.78 is 1.97. The van der Waals surface area contributed by atoms with Gasteiger partial charge in [-0.05, 0) is 18.6 Å². The predicted octanol–water partition coefficient (Wildman–Crippen LogP) is 2.38. The lowest BCUT2D eigenvalue weighted by molar-refractivity contribution is 0.177. The second-order valence-corrected chi connectivity index (χ2v) is 5.15. The number of aromatic nitrogens is 3. The molecule has 18 heavy (non-hydrogen) atoms. The smallest absolute Gasteiger partial charge is 0.193 e. The minimum absolute atomic E-state index is 0.513. The van der Waals surface area contributed by atoms with Crippen molar-refractivity contribution in [3.05, 3.63) is 53.1 Å². The van der Waals surface area contributed by atoms with Gasteiger partial charge in [-0.25, -0.2) is 4.98 Å². The molecule has 0 aliphatic rings. The van der Waals surface area contributed by atoms with E-state index in [2.05, 4.69) is 9.97 Å². The number of hydrogen-bond donors (Lipinski definition) is 1. The molecule has 0 aliphatic heterocycles. The highest BCUT2D eigenvalue weighted by Gasteiger charge is 2.11. The molecule has 3 aromatic heterocycles. The van der Waals surface area contributed by atoms with Crippen LogP contribution in [-0.2, 0) is 6.42 Å². The molecule has 5 heteroatoms. The van der Waals surface area contributed by atoms with Crippen molar-refractivity contribution < 1.29 is 5.11 Å². The molecule has 3 aromatic rings. The van der Waals surface area contributed by atoms with Crippen LogP contribution in [0.3, 0.4) is 0 Å². The van der Waals surface area contributed by atoms with Gasteiger partial charge in [0, 0.05) is 36.1 Å². The van der Waals surface area contributed by atoms with Crippen molar-refractivity contribution >= 4 is 16.3 Å². The lowest BCUT2D eigenvalue weighted by Crippen LogP contribution is -2.02. The Balaban J connectivity index is 1.79.